The molecule has 0 bridgehead atoms. The van der Waals surface area contributed by atoms with Crippen LogP contribution in [0.2, 0.25) is 0 Å². The summed E-state index contributed by atoms with van der Waals surface area (Å²) in [6.07, 6.45) is 0. The third kappa shape index (κ3) is 3.81. The Labute approximate surface area is 137 Å². The number of anilines is 1. The van der Waals surface area contributed by atoms with Crippen LogP contribution in [0.25, 0.3) is 0 Å². The van der Waals surface area contributed by atoms with Crippen molar-refractivity contribution in [2.75, 3.05) is 18.4 Å². The van der Waals surface area contributed by atoms with Crippen LogP contribution in [-0.2, 0) is 0 Å². The van der Waals surface area contributed by atoms with Gasteiger partial charge in [0.1, 0.15) is 23.3 Å². The van der Waals surface area contributed by atoms with Gasteiger partial charge in [0.15, 0.2) is 5.82 Å². The third-order valence-electron chi connectivity index (χ3n) is 3.45. The van der Waals surface area contributed by atoms with E-state index in [1.54, 1.807) is 13.8 Å². The molecule has 0 unspecified atom stereocenters. The van der Waals surface area contributed by atoms with Gasteiger partial charge in [-0.1, -0.05) is 0 Å². The second kappa shape index (κ2) is 7.46. The summed E-state index contributed by atoms with van der Waals surface area (Å²) >= 11 is 0. The number of nitrogens with zero attached hydrogens (tertiary/aromatic N) is 3. The average molecular weight is 331 g/mol. The Morgan fingerprint density at radius 2 is 2.00 bits per heavy atom. The molecule has 1 amide bonds. The number of carbonyl (C=O) groups excluding carboxylic acids is 1. The molecule has 0 spiro atoms. The van der Waals surface area contributed by atoms with Crippen molar-refractivity contribution in [1.82, 2.24) is 15.5 Å². The van der Waals surface area contributed by atoms with Crippen LogP contribution in [0.5, 0.6) is 0 Å². The second-order valence-electron chi connectivity index (χ2n) is 5.05. The van der Waals surface area contributed by atoms with Crippen molar-refractivity contribution in [3.8, 4) is 6.07 Å². The summed E-state index contributed by atoms with van der Waals surface area (Å²) in [6.45, 7) is 3.95. The van der Waals surface area contributed by atoms with Crippen molar-refractivity contribution < 1.29 is 13.6 Å². The first kappa shape index (κ1) is 17.3. The molecule has 1 aromatic carbocycles. The minimum Gasteiger partial charge on any atom is -0.366 e. The number of hydrogen-bond donors (Lipinski definition) is 2. The number of nitrogens with one attached hydrogen (secondary N) is 2. The van der Waals surface area contributed by atoms with E-state index in [9.17, 15) is 18.8 Å². The predicted octanol–water partition coefficient (Wildman–Crippen LogP) is 2.09. The first-order valence-electron chi connectivity index (χ1n) is 7.15. The average Bonchev–Trinajstić information content (AvgIpc) is 2.54. The van der Waals surface area contributed by atoms with Gasteiger partial charge in [-0.3, -0.25) is 4.79 Å². The summed E-state index contributed by atoms with van der Waals surface area (Å²) in [4.78, 5) is 11.8. The summed E-state index contributed by atoms with van der Waals surface area (Å²) in [5.74, 6) is -2.00. The molecule has 0 aliphatic carbocycles. The van der Waals surface area contributed by atoms with Gasteiger partial charge in [-0.05, 0) is 31.5 Å². The lowest BCUT2D eigenvalue weighted by atomic mass is 10.1. The Balaban J connectivity index is 1.93. The largest absolute Gasteiger partial charge is 0.366 e. The van der Waals surface area contributed by atoms with Crippen LogP contribution in [0.1, 0.15) is 27.2 Å². The molecule has 2 N–H and O–H groups in total. The number of aryl methyl sites for hydroxylation is 1. The van der Waals surface area contributed by atoms with E-state index in [0.717, 1.165) is 17.7 Å². The minimum absolute atomic E-state index is 0.162. The quantitative estimate of drug-likeness (QED) is 0.819. The van der Waals surface area contributed by atoms with Gasteiger partial charge >= 0.3 is 0 Å². The predicted molar refractivity (Wildman–Crippen MR) is 83.4 cm³/mol. The molecule has 0 fully saturated rings. The number of amides is 1. The molecule has 0 aliphatic heterocycles. The van der Waals surface area contributed by atoms with Crippen molar-refractivity contribution in [2.24, 2.45) is 0 Å². The highest BCUT2D eigenvalue weighted by Crippen LogP contribution is 2.16. The van der Waals surface area contributed by atoms with Crippen molar-refractivity contribution in [3.63, 3.8) is 0 Å². The number of aromatic nitrogens is 2. The summed E-state index contributed by atoms with van der Waals surface area (Å²) in [7, 11) is 0. The third-order valence-corrected chi connectivity index (χ3v) is 3.45. The van der Waals surface area contributed by atoms with Gasteiger partial charge < -0.3 is 10.6 Å². The highest BCUT2D eigenvalue weighted by Gasteiger charge is 2.13. The van der Waals surface area contributed by atoms with E-state index in [1.165, 1.54) is 0 Å². The van der Waals surface area contributed by atoms with Crippen molar-refractivity contribution in [3.05, 3.63) is 52.2 Å². The van der Waals surface area contributed by atoms with E-state index < -0.39 is 17.5 Å². The molecule has 0 saturated carbocycles. The van der Waals surface area contributed by atoms with E-state index in [1.807, 2.05) is 0 Å². The lowest BCUT2D eigenvalue weighted by Gasteiger charge is -2.10. The van der Waals surface area contributed by atoms with Gasteiger partial charge in [0.25, 0.3) is 5.91 Å². The van der Waals surface area contributed by atoms with Crippen molar-refractivity contribution >= 4 is 11.7 Å². The summed E-state index contributed by atoms with van der Waals surface area (Å²) < 4.78 is 26.3. The molecule has 2 rings (SSSR count). The first-order valence-corrected chi connectivity index (χ1v) is 7.15. The summed E-state index contributed by atoms with van der Waals surface area (Å²) in [6, 6.07) is 4.80. The van der Waals surface area contributed by atoms with Crippen molar-refractivity contribution in [1.29, 1.82) is 5.26 Å². The molecule has 0 radical (unpaired) electrons. The molecule has 0 aliphatic rings. The van der Waals surface area contributed by atoms with E-state index in [0.29, 0.717) is 23.1 Å². The number of rotatable bonds is 5. The van der Waals surface area contributed by atoms with E-state index in [4.69, 9.17) is 0 Å². The fourth-order valence-corrected chi connectivity index (χ4v) is 1.99. The highest BCUT2D eigenvalue weighted by atomic mass is 19.1. The topological polar surface area (TPSA) is 90.7 Å². The van der Waals surface area contributed by atoms with Gasteiger partial charge in [-0.2, -0.15) is 10.4 Å². The molecule has 1 aromatic heterocycles. The Kier molecular flexibility index (Phi) is 5.37. The maximum absolute atomic E-state index is 13.5. The second-order valence-corrected chi connectivity index (χ2v) is 5.05. The zero-order chi connectivity index (χ0) is 17.7. The maximum atomic E-state index is 13.5. The van der Waals surface area contributed by atoms with E-state index in [-0.39, 0.29) is 18.7 Å². The van der Waals surface area contributed by atoms with Gasteiger partial charge in [-0.25, -0.2) is 8.78 Å². The summed E-state index contributed by atoms with van der Waals surface area (Å²) in [5.41, 5.74) is 1.54. The van der Waals surface area contributed by atoms with Crippen molar-refractivity contribution in [2.45, 2.75) is 13.8 Å². The Morgan fingerprint density at radius 3 is 2.67 bits per heavy atom. The summed E-state index contributed by atoms with van der Waals surface area (Å²) in [5, 5.41) is 22.4. The van der Waals surface area contributed by atoms with Crippen LogP contribution >= 0.6 is 0 Å². The molecule has 8 heteroatoms. The SMILES string of the molecule is Cc1nnc(NCCNC(=O)c2ccc(F)cc2F)c(C#N)c1C. The van der Waals surface area contributed by atoms with Gasteiger partial charge in [-0.15, -0.1) is 5.10 Å². The number of benzene rings is 1. The smallest absolute Gasteiger partial charge is 0.254 e. The Morgan fingerprint density at radius 1 is 1.25 bits per heavy atom. The number of halogens is 2. The van der Waals surface area contributed by atoms with Crippen LogP contribution < -0.4 is 10.6 Å². The van der Waals surface area contributed by atoms with E-state index >= 15 is 0 Å². The first-order chi connectivity index (χ1) is 11.4. The Bertz CT molecular complexity index is 817. The normalized spacial score (nSPS) is 10.1. The fraction of sp³-hybridized carbons (Fsp3) is 0.250. The van der Waals surface area contributed by atoms with E-state index in [2.05, 4.69) is 26.9 Å². The standard InChI is InChI=1S/C16H15F2N5O/c1-9-10(2)22-23-15(13(9)8-19)20-5-6-21-16(24)12-4-3-11(17)7-14(12)18/h3-4,7H,5-6H2,1-2H3,(H,20,23)(H,21,24). The highest BCUT2D eigenvalue weighted by molar-refractivity contribution is 5.94. The Hall–Kier alpha value is -3.08. The van der Waals surface area contributed by atoms with Crippen LogP contribution in [-0.4, -0.2) is 29.2 Å². The monoisotopic (exact) mass is 331 g/mol. The van der Waals surface area contributed by atoms with Gasteiger partial charge in [0.2, 0.25) is 0 Å². The zero-order valence-corrected chi connectivity index (χ0v) is 13.2. The lowest BCUT2D eigenvalue weighted by molar-refractivity contribution is 0.0951. The van der Waals surface area contributed by atoms with Gasteiger partial charge in [0, 0.05) is 19.2 Å². The molecule has 24 heavy (non-hydrogen) atoms. The van der Waals surface area contributed by atoms with Crippen LogP contribution in [0.4, 0.5) is 14.6 Å². The molecule has 0 atom stereocenters. The number of hydrogen-bond acceptors (Lipinski definition) is 5. The minimum atomic E-state index is -0.924. The molecular formula is C16H15F2N5O. The number of nitriles is 1. The molecule has 6 nitrogen and oxygen atoms in total. The molecule has 124 valence electrons. The van der Waals surface area contributed by atoms with Crippen LogP contribution in [0.3, 0.4) is 0 Å². The molecule has 0 saturated heterocycles. The van der Waals surface area contributed by atoms with Crippen LogP contribution in [0.15, 0.2) is 18.2 Å². The lowest BCUT2D eigenvalue weighted by Crippen LogP contribution is -2.29. The zero-order valence-electron chi connectivity index (χ0n) is 13.2. The van der Waals surface area contributed by atoms with Gasteiger partial charge in [0.05, 0.1) is 11.3 Å². The van der Waals surface area contributed by atoms with Crippen LogP contribution in [0, 0.1) is 36.8 Å². The number of carbonyl (C=O) groups is 1. The maximum Gasteiger partial charge on any atom is 0.254 e. The molecular weight excluding hydrogens is 316 g/mol. The molecule has 2 aromatic rings. The molecule has 1 heterocycles. The fourth-order valence-electron chi connectivity index (χ4n) is 1.99.